The minimum absolute atomic E-state index is 0.109. The van der Waals surface area contributed by atoms with Crippen molar-refractivity contribution in [2.75, 3.05) is 26.4 Å². The van der Waals surface area contributed by atoms with Crippen molar-refractivity contribution in [2.45, 2.75) is 477 Å². The van der Waals surface area contributed by atoms with E-state index < -0.39 is 12.2 Å². The van der Waals surface area contributed by atoms with E-state index in [1.165, 1.54) is 186 Å². The number of ether oxygens (including phenoxy) is 6. The van der Waals surface area contributed by atoms with Gasteiger partial charge in [-0.1, -0.05) is 365 Å². The third-order valence-corrected chi connectivity index (χ3v) is 20.1. The molecule has 0 fully saturated rings. The van der Waals surface area contributed by atoms with Crippen molar-refractivity contribution in [3.8, 4) is 0 Å². The first-order valence-corrected chi connectivity index (χ1v) is 45.4. The summed E-state index contributed by atoms with van der Waals surface area (Å²) in [6.07, 6.45) is 94.0. The van der Waals surface area contributed by atoms with E-state index in [2.05, 4.69) is 88.5 Å². The van der Waals surface area contributed by atoms with Crippen LogP contribution in [0.4, 0.5) is 0 Å². The third-order valence-electron chi connectivity index (χ3n) is 20.1. The minimum atomic E-state index is -0.827. The number of hydrogen-bond acceptors (Lipinski definition) is 12. The Morgan fingerprint density at radius 1 is 0.198 bits per heavy atom. The summed E-state index contributed by atoms with van der Waals surface area (Å²) < 4.78 is 34.0. The summed E-state index contributed by atoms with van der Waals surface area (Å²) in [4.78, 5) is 77.2. The summed E-state index contributed by atoms with van der Waals surface area (Å²) in [7, 11) is 0. The van der Waals surface area contributed by atoms with Crippen LogP contribution in [0.15, 0.2) is 60.8 Å². The van der Waals surface area contributed by atoms with E-state index in [-0.39, 0.29) is 68.7 Å². The number of unbranched alkanes of at least 4 members (excludes halogenated alkanes) is 52. The molecule has 0 aromatic heterocycles. The lowest BCUT2D eigenvalue weighted by atomic mass is 10.0. The van der Waals surface area contributed by atoms with Crippen molar-refractivity contribution in [3.05, 3.63) is 60.8 Å². The number of hydrogen-bond donors (Lipinski definition) is 0. The van der Waals surface area contributed by atoms with Crippen LogP contribution in [-0.4, -0.2) is 74.5 Å². The molecule has 12 heteroatoms. The molecule has 0 aliphatic carbocycles. The van der Waals surface area contributed by atoms with Gasteiger partial charge in [0.1, 0.15) is 26.4 Å². The van der Waals surface area contributed by atoms with E-state index >= 15 is 0 Å². The normalized spacial score (nSPS) is 12.4. The summed E-state index contributed by atoms with van der Waals surface area (Å²) in [5.41, 5.74) is 0. The molecule has 616 valence electrons. The Hall–Kier alpha value is -4.48. The van der Waals surface area contributed by atoms with Gasteiger partial charge >= 0.3 is 35.8 Å². The molecule has 0 radical (unpaired) electrons. The summed E-state index contributed by atoms with van der Waals surface area (Å²) in [6.45, 7) is 8.48. The number of carbonyl (C=O) groups is 6. The van der Waals surface area contributed by atoms with Gasteiger partial charge < -0.3 is 28.4 Å². The fourth-order valence-electron chi connectivity index (χ4n) is 13.3. The van der Waals surface area contributed by atoms with Crippen LogP contribution in [0.25, 0.3) is 0 Å². The van der Waals surface area contributed by atoms with Crippen molar-refractivity contribution in [3.63, 3.8) is 0 Å². The van der Waals surface area contributed by atoms with Gasteiger partial charge in [-0.2, -0.15) is 0 Å². The fourth-order valence-corrected chi connectivity index (χ4v) is 13.3. The number of allylic oxidation sites excluding steroid dienone is 10. The van der Waals surface area contributed by atoms with Crippen LogP contribution >= 0.6 is 0 Å². The van der Waals surface area contributed by atoms with Crippen LogP contribution in [0.2, 0.25) is 0 Å². The molecule has 0 amide bonds. The molecule has 106 heavy (non-hydrogen) atoms. The second-order valence-electron chi connectivity index (χ2n) is 30.7. The average Bonchev–Trinajstić information content (AvgIpc) is 1.01. The molecule has 2 atom stereocenters. The molecule has 12 nitrogen and oxygen atoms in total. The van der Waals surface area contributed by atoms with Crippen LogP contribution in [0, 0.1) is 0 Å². The minimum Gasteiger partial charge on any atom is -0.462 e. The molecule has 0 aromatic carbocycles. The van der Waals surface area contributed by atoms with E-state index in [9.17, 15) is 28.8 Å². The quantitative estimate of drug-likeness (QED) is 0.0246. The molecule has 0 saturated carbocycles. The van der Waals surface area contributed by atoms with E-state index in [1.807, 2.05) is 0 Å². The van der Waals surface area contributed by atoms with Gasteiger partial charge in [-0.25, -0.2) is 0 Å². The van der Waals surface area contributed by atoms with E-state index in [4.69, 9.17) is 28.4 Å². The standard InChI is InChI=1S/C94H168O12/c1-5-9-13-17-21-25-29-33-36-42-48-54-60-66-72-78-90(96)102-85-88(106-94(100)82-76-70-64-58-52-46-38-35-31-27-23-19-15-11-7-3)86-104-92(98)80-74-68-62-56-50-44-40-39-43-49-55-61-67-73-79-91(97)103-84-87(83-101-89(95)77-71-65-59-53-47-41-32-28-24-20-16-12-8-4)105-93(99)81-75-69-63-57-51-45-37-34-30-26-22-18-14-10-6-2/h10,14,22,26,34-35,37-40,87-88H,5-9,11-13,15-21,23-25,27-33,36,41-86H2,1-4H3/b14-10-,26-22-,37-34-,38-35-,40-39?. The van der Waals surface area contributed by atoms with Gasteiger partial charge in [0.25, 0.3) is 0 Å². The van der Waals surface area contributed by atoms with Crippen molar-refractivity contribution in [2.24, 2.45) is 0 Å². The molecule has 0 aliphatic heterocycles. The SMILES string of the molecule is CC/C=C\C/C=C\C/C=C\CCCCCCCC(=O)OC(COC(=O)CCCCCCCC=CCCCCCCCC(=O)OCC(COC(=O)CCCCCCCCCCCCCCCCC)OC(=O)CCCCCCC/C=C\CCCCCCCC)COC(=O)CCCCCCCCCCCCCCC. The molecule has 0 aromatic rings. The molecule has 0 spiro atoms. The van der Waals surface area contributed by atoms with Crippen LogP contribution in [0.5, 0.6) is 0 Å². The van der Waals surface area contributed by atoms with Crippen molar-refractivity contribution in [1.29, 1.82) is 0 Å². The van der Waals surface area contributed by atoms with Crippen LogP contribution < -0.4 is 0 Å². The fraction of sp³-hybridized carbons (Fsp3) is 0.830. The van der Waals surface area contributed by atoms with E-state index in [0.717, 1.165) is 212 Å². The summed E-state index contributed by atoms with van der Waals surface area (Å²) >= 11 is 0. The second kappa shape index (κ2) is 86.1. The smallest absolute Gasteiger partial charge is 0.306 e. The zero-order valence-corrected chi connectivity index (χ0v) is 69.7. The first-order chi connectivity index (χ1) is 52.1. The van der Waals surface area contributed by atoms with Gasteiger partial charge in [0.2, 0.25) is 0 Å². The number of carbonyl (C=O) groups excluding carboxylic acids is 6. The Morgan fingerprint density at radius 2 is 0.368 bits per heavy atom. The molecular weight excluding hydrogens is 1320 g/mol. The first-order valence-electron chi connectivity index (χ1n) is 45.4. The Balaban J connectivity index is 4.66. The van der Waals surface area contributed by atoms with Crippen molar-refractivity contribution in [1.82, 2.24) is 0 Å². The highest BCUT2D eigenvalue weighted by molar-refractivity contribution is 5.72. The van der Waals surface area contributed by atoms with Crippen LogP contribution in [0.1, 0.15) is 464 Å². The van der Waals surface area contributed by atoms with Gasteiger partial charge in [0.05, 0.1) is 0 Å². The lowest BCUT2D eigenvalue weighted by molar-refractivity contribution is -0.167. The summed E-state index contributed by atoms with van der Waals surface area (Å²) in [5.74, 6) is -1.95. The topological polar surface area (TPSA) is 158 Å². The van der Waals surface area contributed by atoms with Gasteiger partial charge in [-0.3, -0.25) is 28.8 Å². The van der Waals surface area contributed by atoms with E-state index in [1.54, 1.807) is 0 Å². The maximum atomic E-state index is 13.0. The van der Waals surface area contributed by atoms with Crippen LogP contribution in [-0.2, 0) is 57.2 Å². The molecule has 0 heterocycles. The van der Waals surface area contributed by atoms with Gasteiger partial charge in [0.15, 0.2) is 12.2 Å². The monoisotopic (exact) mass is 1490 g/mol. The van der Waals surface area contributed by atoms with Crippen molar-refractivity contribution >= 4 is 35.8 Å². The van der Waals surface area contributed by atoms with Crippen LogP contribution in [0.3, 0.4) is 0 Å². The zero-order chi connectivity index (χ0) is 76.8. The molecule has 0 N–H and O–H groups in total. The van der Waals surface area contributed by atoms with Crippen molar-refractivity contribution < 1.29 is 57.2 Å². The van der Waals surface area contributed by atoms with E-state index in [0.29, 0.717) is 32.1 Å². The Kier molecular flexibility index (Phi) is 82.5. The first kappa shape index (κ1) is 102. The largest absolute Gasteiger partial charge is 0.462 e. The highest BCUT2D eigenvalue weighted by Crippen LogP contribution is 2.20. The lowest BCUT2D eigenvalue weighted by Gasteiger charge is -2.18. The predicted molar refractivity (Wildman–Crippen MR) is 446 cm³/mol. The van der Waals surface area contributed by atoms with Gasteiger partial charge in [-0.05, 0) is 122 Å². The molecule has 0 rings (SSSR count). The van der Waals surface area contributed by atoms with Gasteiger partial charge in [0, 0.05) is 38.5 Å². The third kappa shape index (κ3) is 82.0. The van der Waals surface area contributed by atoms with Gasteiger partial charge in [-0.15, -0.1) is 0 Å². The highest BCUT2D eigenvalue weighted by Gasteiger charge is 2.22. The molecule has 0 saturated heterocycles. The zero-order valence-electron chi connectivity index (χ0n) is 69.7. The Morgan fingerprint density at radius 3 is 0.585 bits per heavy atom. The number of rotatable bonds is 84. The average molecular weight is 1490 g/mol. The Labute approximate surface area is 653 Å². The molecule has 2 unspecified atom stereocenters. The summed E-state index contributed by atoms with van der Waals surface area (Å²) in [6, 6.07) is 0. The molecule has 0 bridgehead atoms. The summed E-state index contributed by atoms with van der Waals surface area (Å²) in [5, 5.41) is 0. The predicted octanol–water partition coefficient (Wildman–Crippen LogP) is 28.4. The maximum Gasteiger partial charge on any atom is 0.306 e. The highest BCUT2D eigenvalue weighted by atomic mass is 16.6. The number of esters is 6. The maximum absolute atomic E-state index is 13.0. The second-order valence-corrected chi connectivity index (χ2v) is 30.7. The Bertz CT molecular complexity index is 2090. The lowest BCUT2D eigenvalue weighted by Crippen LogP contribution is -2.30. The molecular formula is C94H168O12. The molecule has 0 aliphatic rings.